The summed E-state index contributed by atoms with van der Waals surface area (Å²) in [6.07, 6.45) is 7.95. The van der Waals surface area contributed by atoms with Gasteiger partial charge in [-0.3, -0.25) is 14.7 Å². The summed E-state index contributed by atoms with van der Waals surface area (Å²) in [5, 5.41) is 6.72. The van der Waals surface area contributed by atoms with E-state index in [1.54, 1.807) is 7.05 Å². The molecule has 0 bridgehead atoms. The van der Waals surface area contributed by atoms with Gasteiger partial charge in [0, 0.05) is 72.0 Å². The van der Waals surface area contributed by atoms with E-state index in [0.717, 1.165) is 90.7 Å². The van der Waals surface area contributed by atoms with Crippen LogP contribution in [0.1, 0.15) is 51.9 Å². The number of ether oxygens (including phenoxy) is 1. The van der Waals surface area contributed by atoms with Crippen LogP contribution in [0.15, 0.2) is 4.99 Å². The standard InChI is InChI=1S/C21H41N5O2/c1-3-4-17-28-18-7-10-23-21(22-2)24-11-12-25-13-15-26(16-14-25)20(27)19-8-5-6-9-19/h19H,3-18H2,1-2H3,(H2,22,23,24). The first-order valence-electron chi connectivity index (χ1n) is 11.3. The van der Waals surface area contributed by atoms with Crippen molar-refractivity contribution < 1.29 is 9.53 Å². The monoisotopic (exact) mass is 395 g/mol. The van der Waals surface area contributed by atoms with E-state index in [2.05, 4.69) is 32.3 Å². The number of amides is 1. The average Bonchev–Trinajstić information content (AvgIpc) is 3.26. The van der Waals surface area contributed by atoms with Crippen molar-refractivity contribution >= 4 is 11.9 Å². The van der Waals surface area contributed by atoms with Crippen LogP contribution in [0.4, 0.5) is 0 Å². The molecule has 1 saturated carbocycles. The fraction of sp³-hybridized carbons (Fsp3) is 0.905. The van der Waals surface area contributed by atoms with Gasteiger partial charge in [-0.1, -0.05) is 26.2 Å². The second-order valence-corrected chi connectivity index (χ2v) is 7.89. The Balaban J connectivity index is 1.51. The Morgan fingerprint density at radius 2 is 1.71 bits per heavy atom. The minimum atomic E-state index is 0.305. The van der Waals surface area contributed by atoms with E-state index < -0.39 is 0 Å². The molecule has 2 aliphatic rings. The largest absolute Gasteiger partial charge is 0.381 e. The van der Waals surface area contributed by atoms with Gasteiger partial charge in [-0.05, 0) is 25.7 Å². The lowest BCUT2D eigenvalue weighted by Gasteiger charge is -2.36. The Hall–Kier alpha value is -1.34. The van der Waals surface area contributed by atoms with Crippen LogP contribution in [0.5, 0.6) is 0 Å². The third-order valence-electron chi connectivity index (χ3n) is 5.73. The first-order valence-corrected chi connectivity index (χ1v) is 11.3. The molecule has 0 unspecified atom stereocenters. The van der Waals surface area contributed by atoms with Gasteiger partial charge in [-0.15, -0.1) is 0 Å². The lowest BCUT2D eigenvalue weighted by atomic mass is 10.1. The minimum Gasteiger partial charge on any atom is -0.381 e. The highest BCUT2D eigenvalue weighted by Crippen LogP contribution is 2.26. The van der Waals surface area contributed by atoms with Crippen molar-refractivity contribution in [1.29, 1.82) is 0 Å². The Morgan fingerprint density at radius 3 is 2.39 bits per heavy atom. The summed E-state index contributed by atoms with van der Waals surface area (Å²) in [5.74, 6) is 1.56. The van der Waals surface area contributed by atoms with Crippen LogP contribution in [-0.2, 0) is 9.53 Å². The molecule has 1 heterocycles. The van der Waals surface area contributed by atoms with Gasteiger partial charge in [-0.2, -0.15) is 0 Å². The van der Waals surface area contributed by atoms with Crippen LogP contribution < -0.4 is 10.6 Å². The van der Waals surface area contributed by atoms with Crippen LogP contribution >= 0.6 is 0 Å². The maximum absolute atomic E-state index is 12.5. The summed E-state index contributed by atoms with van der Waals surface area (Å²) in [6, 6.07) is 0. The first kappa shape index (κ1) is 22.9. The number of nitrogens with one attached hydrogen (secondary N) is 2. The van der Waals surface area contributed by atoms with Crippen molar-refractivity contribution in [2.24, 2.45) is 10.9 Å². The normalized spacial score (nSPS) is 19.2. The smallest absolute Gasteiger partial charge is 0.225 e. The highest BCUT2D eigenvalue weighted by Gasteiger charge is 2.29. The van der Waals surface area contributed by atoms with Crippen molar-refractivity contribution in [2.45, 2.75) is 51.9 Å². The summed E-state index contributed by atoms with van der Waals surface area (Å²) in [4.78, 5) is 21.3. The highest BCUT2D eigenvalue weighted by atomic mass is 16.5. The molecule has 0 aromatic rings. The summed E-state index contributed by atoms with van der Waals surface area (Å²) in [5.41, 5.74) is 0. The predicted molar refractivity (Wildman–Crippen MR) is 115 cm³/mol. The third kappa shape index (κ3) is 8.35. The van der Waals surface area contributed by atoms with Gasteiger partial charge >= 0.3 is 0 Å². The second-order valence-electron chi connectivity index (χ2n) is 7.89. The number of hydrogen-bond donors (Lipinski definition) is 2. The van der Waals surface area contributed by atoms with Crippen LogP contribution in [0.25, 0.3) is 0 Å². The topological polar surface area (TPSA) is 69.2 Å². The highest BCUT2D eigenvalue weighted by molar-refractivity contribution is 5.79. The van der Waals surface area contributed by atoms with Crippen LogP contribution in [0.2, 0.25) is 0 Å². The van der Waals surface area contributed by atoms with Gasteiger partial charge in [0.1, 0.15) is 0 Å². The Morgan fingerprint density at radius 1 is 1.04 bits per heavy atom. The molecule has 0 radical (unpaired) electrons. The zero-order valence-corrected chi connectivity index (χ0v) is 18.0. The van der Waals surface area contributed by atoms with E-state index in [0.29, 0.717) is 11.8 Å². The molecule has 2 N–H and O–H groups in total. The number of unbranched alkanes of at least 4 members (excludes halogenated alkanes) is 1. The van der Waals surface area contributed by atoms with Crippen molar-refractivity contribution in [3.8, 4) is 0 Å². The second kappa shape index (κ2) is 13.8. The number of aliphatic imine (C=N–C) groups is 1. The lowest BCUT2D eigenvalue weighted by Crippen LogP contribution is -2.51. The zero-order valence-electron chi connectivity index (χ0n) is 18.0. The number of rotatable bonds is 11. The van der Waals surface area contributed by atoms with Crippen LogP contribution in [0, 0.1) is 5.92 Å². The molecule has 1 saturated heterocycles. The summed E-state index contributed by atoms with van der Waals surface area (Å²) >= 11 is 0. The molecule has 0 aromatic heterocycles. The average molecular weight is 396 g/mol. The molecule has 1 amide bonds. The van der Waals surface area contributed by atoms with E-state index in [9.17, 15) is 4.79 Å². The number of carbonyl (C=O) groups is 1. The van der Waals surface area contributed by atoms with Gasteiger partial charge in [0.15, 0.2) is 5.96 Å². The van der Waals surface area contributed by atoms with E-state index >= 15 is 0 Å². The summed E-state index contributed by atoms with van der Waals surface area (Å²) in [7, 11) is 1.81. The van der Waals surface area contributed by atoms with Crippen LogP contribution in [0.3, 0.4) is 0 Å². The molecule has 2 fully saturated rings. The molecule has 28 heavy (non-hydrogen) atoms. The Labute approximate surface area is 171 Å². The van der Waals surface area contributed by atoms with E-state index in [1.165, 1.54) is 19.3 Å². The van der Waals surface area contributed by atoms with E-state index in [4.69, 9.17) is 4.74 Å². The SMILES string of the molecule is CCCCOCCCNC(=NC)NCCN1CCN(C(=O)C2CCCC2)CC1. The molecule has 0 spiro atoms. The van der Waals surface area contributed by atoms with Crippen molar-refractivity contribution in [1.82, 2.24) is 20.4 Å². The minimum absolute atomic E-state index is 0.305. The predicted octanol–water partition coefficient (Wildman–Crippen LogP) is 1.69. The van der Waals surface area contributed by atoms with Crippen molar-refractivity contribution in [3.63, 3.8) is 0 Å². The molecule has 2 rings (SSSR count). The van der Waals surface area contributed by atoms with E-state index in [1.807, 2.05) is 0 Å². The van der Waals surface area contributed by atoms with Gasteiger partial charge in [0.25, 0.3) is 0 Å². The molecule has 7 nitrogen and oxygen atoms in total. The number of carbonyl (C=O) groups excluding carboxylic acids is 1. The van der Waals surface area contributed by atoms with Gasteiger partial charge < -0.3 is 20.3 Å². The zero-order chi connectivity index (χ0) is 20.0. The van der Waals surface area contributed by atoms with Crippen molar-refractivity contribution in [3.05, 3.63) is 0 Å². The first-order chi connectivity index (χ1) is 13.7. The molecule has 7 heteroatoms. The van der Waals surface area contributed by atoms with E-state index in [-0.39, 0.29) is 0 Å². The molecular formula is C21H41N5O2. The number of nitrogens with zero attached hydrogens (tertiary/aromatic N) is 3. The van der Waals surface area contributed by atoms with Gasteiger partial charge in [0.05, 0.1) is 0 Å². The summed E-state index contributed by atoms with van der Waals surface area (Å²) < 4.78 is 5.57. The molecule has 1 aliphatic heterocycles. The molecule has 162 valence electrons. The van der Waals surface area contributed by atoms with Gasteiger partial charge in [-0.25, -0.2) is 0 Å². The fourth-order valence-electron chi connectivity index (χ4n) is 3.91. The number of piperazine rings is 1. The Bertz CT molecular complexity index is 458. The quantitative estimate of drug-likeness (QED) is 0.317. The number of guanidine groups is 1. The molecule has 1 aliphatic carbocycles. The maximum Gasteiger partial charge on any atom is 0.225 e. The molecule has 0 atom stereocenters. The number of hydrogen-bond acceptors (Lipinski definition) is 4. The fourth-order valence-corrected chi connectivity index (χ4v) is 3.91. The molecule has 0 aromatic carbocycles. The van der Waals surface area contributed by atoms with Crippen LogP contribution in [-0.4, -0.2) is 87.7 Å². The Kier molecular flexibility index (Phi) is 11.3. The summed E-state index contributed by atoms with van der Waals surface area (Å²) in [6.45, 7) is 10.2. The lowest BCUT2D eigenvalue weighted by molar-refractivity contribution is -0.137. The maximum atomic E-state index is 12.5. The molecular weight excluding hydrogens is 354 g/mol. The van der Waals surface area contributed by atoms with Gasteiger partial charge in [0.2, 0.25) is 5.91 Å². The van der Waals surface area contributed by atoms with Crippen molar-refractivity contribution in [2.75, 3.05) is 66.1 Å². The third-order valence-corrected chi connectivity index (χ3v) is 5.73.